The molecule has 2 N–H and O–H groups in total. The molecular weight excluding hydrogens is 332 g/mol. The van der Waals surface area contributed by atoms with Crippen LogP contribution in [0.5, 0.6) is 11.5 Å². The molecule has 0 aromatic heterocycles. The maximum absolute atomic E-state index is 12.2. The molecule has 0 aliphatic heterocycles. The van der Waals surface area contributed by atoms with E-state index in [9.17, 15) is 9.59 Å². The molecule has 6 heteroatoms. The summed E-state index contributed by atoms with van der Waals surface area (Å²) in [5, 5.41) is 5.30. The molecule has 6 nitrogen and oxygen atoms in total. The SMILES string of the molecule is COc1cc(C(=O)NCC(=O)NC(C)C)ccc1OCc1ccccc1. The monoisotopic (exact) mass is 356 g/mol. The first-order valence-electron chi connectivity index (χ1n) is 8.42. The van der Waals surface area contributed by atoms with Gasteiger partial charge in [0.2, 0.25) is 5.91 Å². The van der Waals surface area contributed by atoms with Crippen LogP contribution >= 0.6 is 0 Å². The van der Waals surface area contributed by atoms with Gasteiger partial charge in [-0.25, -0.2) is 0 Å². The van der Waals surface area contributed by atoms with Gasteiger partial charge in [-0.3, -0.25) is 9.59 Å². The molecule has 2 amide bonds. The molecule has 138 valence electrons. The van der Waals surface area contributed by atoms with Crippen molar-refractivity contribution in [2.45, 2.75) is 26.5 Å². The van der Waals surface area contributed by atoms with Crippen LogP contribution in [0.15, 0.2) is 48.5 Å². The van der Waals surface area contributed by atoms with Crippen molar-refractivity contribution in [3.63, 3.8) is 0 Å². The Bertz CT molecular complexity index is 745. The van der Waals surface area contributed by atoms with E-state index in [2.05, 4.69) is 10.6 Å². The number of methoxy groups -OCH3 is 1. The molecule has 0 saturated carbocycles. The number of amides is 2. The van der Waals surface area contributed by atoms with Crippen LogP contribution in [-0.2, 0) is 11.4 Å². The zero-order chi connectivity index (χ0) is 18.9. The Morgan fingerprint density at radius 3 is 2.42 bits per heavy atom. The van der Waals surface area contributed by atoms with E-state index in [-0.39, 0.29) is 24.4 Å². The zero-order valence-electron chi connectivity index (χ0n) is 15.2. The number of hydrogen-bond donors (Lipinski definition) is 2. The number of benzene rings is 2. The summed E-state index contributed by atoms with van der Waals surface area (Å²) >= 11 is 0. The van der Waals surface area contributed by atoms with E-state index in [4.69, 9.17) is 9.47 Å². The average molecular weight is 356 g/mol. The van der Waals surface area contributed by atoms with Crippen LogP contribution in [0, 0.1) is 0 Å². The average Bonchev–Trinajstić information content (AvgIpc) is 2.64. The van der Waals surface area contributed by atoms with Crippen LogP contribution in [0.1, 0.15) is 29.8 Å². The number of rotatable bonds is 8. The van der Waals surface area contributed by atoms with Crippen LogP contribution in [-0.4, -0.2) is 31.5 Å². The van der Waals surface area contributed by atoms with Gasteiger partial charge in [-0.2, -0.15) is 0 Å². The molecule has 0 bridgehead atoms. The summed E-state index contributed by atoms with van der Waals surface area (Å²) in [7, 11) is 1.52. The van der Waals surface area contributed by atoms with Gasteiger partial charge in [0, 0.05) is 11.6 Å². The van der Waals surface area contributed by atoms with Gasteiger partial charge >= 0.3 is 0 Å². The van der Waals surface area contributed by atoms with E-state index in [1.165, 1.54) is 7.11 Å². The summed E-state index contributed by atoms with van der Waals surface area (Å²) in [5.74, 6) is 0.422. The topological polar surface area (TPSA) is 76.7 Å². The van der Waals surface area contributed by atoms with Crippen molar-refractivity contribution >= 4 is 11.8 Å². The van der Waals surface area contributed by atoms with Crippen molar-refractivity contribution in [1.29, 1.82) is 0 Å². The molecule has 0 spiro atoms. The lowest BCUT2D eigenvalue weighted by atomic mass is 10.2. The highest BCUT2D eigenvalue weighted by atomic mass is 16.5. The highest BCUT2D eigenvalue weighted by Crippen LogP contribution is 2.28. The van der Waals surface area contributed by atoms with Gasteiger partial charge in [0.25, 0.3) is 5.91 Å². The minimum atomic E-state index is -0.350. The number of carbonyl (C=O) groups excluding carboxylic acids is 2. The predicted molar refractivity (Wildman–Crippen MR) is 99.4 cm³/mol. The van der Waals surface area contributed by atoms with Gasteiger partial charge in [0.15, 0.2) is 11.5 Å². The molecule has 0 atom stereocenters. The van der Waals surface area contributed by atoms with Gasteiger partial charge < -0.3 is 20.1 Å². The Balaban J connectivity index is 1.98. The van der Waals surface area contributed by atoms with Gasteiger partial charge in [0.05, 0.1) is 13.7 Å². The first-order valence-corrected chi connectivity index (χ1v) is 8.42. The molecule has 0 fully saturated rings. The van der Waals surface area contributed by atoms with Gasteiger partial charge in [-0.1, -0.05) is 30.3 Å². The fourth-order valence-corrected chi connectivity index (χ4v) is 2.30. The van der Waals surface area contributed by atoms with Crippen molar-refractivity contribution in [1.82, 2.24) is 10.6 Å². The molecule has 26 heavy (non-hydrogen) atoms. The third-order valence-corrected chi connectivity index (χ3v) is 3.52. The third kappa shape index (κ3) is 5.81. The third-order valence-electron chi connectivity index (χ3n) is 3.52. The summed E-state index contributed by atoms with van der Waals surface area (Å²) in [6.45, 7) is 4.04. The van der Waals surface area contributed by atoms with Gasteiger partial charge in [0.1, 0.15) is 6.61 Å². The molecule has 2 aromatic rings. The summed E-state index contributed by atoms with van der Waals surface area (Å²) in [6, 6.07) is 14.7. The molecule has 0 unspecified atom stereocenters. The predicted octanol–water partition coefficient (Wildman–Crippen LogP) is 2.53. The number of ether oxygens (including phenoxy) is 2. The Hall–Kier alpha value is -3.02. The van der Waals surface area contributed by atoms with Gasteiger partial charge in [-0.15, -0.1) is 0 Å². The van der Waals surface area contributed by atoms with E-state index in [1.54, 1.807) is 18.2 Å². The van der Waals surface area contributed by atoms with E-state index >= 15 is 0 Å². The molecular formula is C20H24N2O4. The smallest absolute Gasteiger partial charge is 0.251 e. The molecule has 0 aliphatic carbocycles. The van der Waals surface area contributed by atoms with Crippen molar-refractivity contribution < 1.29 is 19.1 Å². The van der Waals surface area contributed by atoms with Crippen molar-refractivity contribution in [3.8, 4) is 11.5 Å². The number of hydrogen-bond acceptors (Lipinski definition) is 4. The largest absolute Gasteiger partial charge is 0.493 e. The van der Waals surface area contributed by atoms with Crippen molar-refractivity contribution in [2.75, 3.05) is 13.7 Å². The zero-order valence-corrected chi connectivity index (χ0v) is 15.2. The Labute approximate surface area is 153 Å². The Morgan fingerprint density at radius 1 is 1.04 bits per heavy atom. The van der Waals surface area contributed by atoms with Crippen molar-refractivity contribution in [3.05, 3.63) is 59.7 Å². The van der Waals surface area contributed by atoms with E-state index < -0.39 is 0 Å². The van der Waals surface area contributed by atoms with Crippen LogP contribution in [0.2, 0.25) is 0 Å². The Morgan fingerprint density at radius 2 is 1.77 bits per heavy atom. The molecule has 0 aliphatic rings. The summed E-state index contributed by atoms with van der Waals surface area (Å²) in [5.41, 5.74) is 1.43. The molecule has 0 heterocycles. The van der Waals surface area contributed by atoms with Gasteiger partial charge in [-0.05, 0) is 37.6 Å². The minimum Gasteiger partial charge on any atom is -0.493 e. The summed E-state index contributed by atoms with van der Waals surface area (Å²) < 4.78 is 11.1. The Kier molecular flexibility index (Phi) is 7.02. The fraction of sp³-hybridized carbons (Fsp3) is 0.300. The second-order valence-electron chi connectivity index (χ2n) is 6.04. The van der Waals surface area contributed by atoms with E-state index in [0.29, 0.717) is 23.7 Å². The highest BCUT2D eigenvalue weighted by Gasteiger charge is 2.13. The molecule has 2 aromatic carbocycles. The minimum absolute atomic E-state index is 0.0283. The van der Waals surface area contributed by atoms with Crippen LogP contribution in [0.25, 0.3) is 0 Å². The molecule has 2 rings (SSSR count). The summed E-state index contributed by atoms with van der Waals surface area (Å²) in [4.78, 5) is 23.8. The lowest BCUT2D eigenvalue weighted by molar-refractivity contribution is -0.120. The fourth-order valence-electron chi connectivity index (χ4n) is 2.30. The standard InChI is InChI=1S/C20H24N2O4/c1-14(2)22-19(23)12-21-20(24)16-9-10-17(18(11-16)25-3)26-13-15-7-5-4-6-8-15/h4-11,14H,12-13H2,1-3H3,(H,21,24)(H,22,23). The first-order chi connectivity index (χ1) is 12.5. The van der Waals surface area contributed by atoms with E-state index in [1.807, 2.05) is 44.2 Å². The molecule has 0 saturated heterocycles. The lowest BCUT2D eigenvalue weighted by Gasteiger charge is -2.13. The lowest BCUT2D eigenvalue weighted by Crippen LogP contribution is -2.39. The maximum Gasteiger partial charge on any atom is 0.251 e. The second-order valence-corrected chi connectivity index (χ2v) is 6.04. The summed E-state index contributed by atoms with van der Waals surface area (Å²) in [6.07, 6.45) is 0. The number of nitrogens with one attached hydrogen (secondary N) is 2. The maximum atomic E-state index is 12.2. The normalized spacial score (nSPS) is 10.3. The number of carbonyl (C=O) groups is 2. The quantitative estimate of drug-likeness (QED) is 0.762. The van der Waals surface area contributed by atoms with Crippen LogP contribution in [0.3, 0.4) is 0 Å². The first kappa shape index (κ1) is 19.3. The molecule has 0 radical (unpaired) electrons. The van der Waals surface area contributed by atoms with Crippen molar-refractivity contribution in [2.24, 2.45) is 0 Å². The van der Waals surface area contributed by atoms with Crippen LogP contribution in [0.4, 0.5) is 0 Å². The van der Waals surface area contributed by atoms with Crippen LogP contribution < -0.4 is 20.1 Å². The highest BCUT2D eigenvalue weighted by molar-refractivity contribution is 5.97. The van der Waals surface area contributed by atoms with E-state index in [0.717, 1.165) is 5.56 Å². The second kappa shape index (κ2) is 9.46.